The lowest BCUT2D eigenvalue weighted by Crippen LogP contribution is -2.69. The zero-order chi connectivity index (χ0) is 33.9. The van der Waals surface area contributed by atoms with E-state index in [4.69, 9.17) is 28.3 Å². The van der Waals surface area contributed by atoms with Crippen LogP contribution in [0.5, 0.6) is 0 Å². The van der Waals surface area contributed by atoms with E-state index in [1.54, 1.807) is 0 Å². The van der Waals surface area contributed by atoms with Crippen LogP contribution in [0.2, 0.25) is 10.0 Å². The number of carbonyl (C=O) groups excluding carboxylic acids is 2. The van der Waals surface area contributed by atoms with Gasteiger partial charge in [0, 0.05) is 93.1 Å². The Morgan fingerprint density at radius 3 is 2.48 bits per heavy atom. The smallest absolute Gasteiger partial charge is 0.320 e. The number of carbonyl (C=O) groups is 2. The Bertz CT molecular complexity index is 1830. The molecule has 13 heteroatoms. The van der Waals surface area contributed by atoms with E-state index in [-0.39, 0.29) is 34.5 Å². The number of rotatable bonds is 6. The predicted octanol–water partition coefficient (Wildman–Crippen LogP) is 5.44. The molecule has 1 aliphatic carbocycles. The molecule has 0 radical (unpaired) electrons. The van der Waals surface area contributed by atoms with Crippen LogP contribution in [0.3, 0.4) is 0 Å². The monoisotopic (exact) mass is 693 g/mol. The highest BCUT2D eigenvalue weighted by Gasteiger charge is 2.56. The van der Waals surface area contributed by atoms with Gasteiger partial charge >= 0.3 is 6.03 Å². The first kappa shape index (κ1) is 32.0. The number of urea groups is 1. The molecule has 0 unspecified atom stereocenters. The second-order valence-electron chi connectivity index (χ2n) is 16.0. The molecule has 1 atom stereocenters. The lowest BCUT2D eigenvalue weighted by atomic mass is 9.60. The predicted molar refractivity (Wildman–Crippen MR) is 189 cm³/mol. The molecule has 2 aromatic heterocycles. The van der Waals surface area contributed by atoms with Crippen LogP contribution in [0.25, 0.3) is 22.0 Å². The van der Waals surface area contributed by atoms with Gasteiger partial charge in [0.05, 0.1) is 33.3 Å². The number of H-pyrrole nitrogens is 1. The number of fused-ring (bicyclic) bond motifs is 1. The summed E-state index contributed by atoms with van der Waals surface area (Å²) in [5.74, 6) is 1.50. The van der Waals surface area contributed by atoms with Crippen molar-refractivity contribution < 1.29 is 9.59 Å². The SMILES string of the molecule is C=CC(=O)N1CC2(CC(n3nc(N4CC[C@@H](CN5CC6(C5)CN(C)C(=O)N6C)CC4(C)C)c(-c4c(Cl)c(Cl)cc5[nH]ncc45)c3C)C2)C1. The summed E-state index contributed by atoms with van der Waals surface area (Å²) in [6.07, 6.45) is 7.29. The largest absolute Gasteiger partial charge is 0.349 e. The Morgan fingerprint density at radius 1 is 1.10 bits per heavy atom. The van der Waals surface area contributed by atoms with Crippen LogP contribution < -0.4 is 4.90 Å². The van der Waals surface area contributed by atoms with Crippen molar-refractivity contribution >= 4 is 51.9 Å². The van der Waals surface area contributed by atoms with Crippen molar-refractivity contribution in [2.75, 3.05) is 64.8 Å². The molecule has 4 aliphatic heterocycles. The highest BCUT2D eigenvalue weighted by Crippen LogP contribution is 2.56. The van der Waals surface area contributed by atoms with Crippen molar-refractivity contribution in [2.45, 2.75) is 63.6 Å². The highest BCUT2D eigenvalue weighted by atomic mass is 35.5. The molecule has 1 N–H and O–H groups in total. The van der Waals surface area contributed by atoms with Crippen molar-refractivity contribution in [1.82, 2.24) is 39.6 Å². The van der Waals surface area contributed by atoms with Gasteiger partial charge in [-0.1, -0.05) is 29.8 Å². The van der Waals surface area contributed by atoms with Gasteiger partial charge in [0.1, 0.15) is 0 Å². The van der Waals surface area contributed by atoms with Crippen molar-refractivity contribution in [3.63, 3.8) is 0 Å². The van der Waals surface area contributed by atoms with Crippen molar-refractivity contribution in [3.8, 4) is 11.1 Å². The number of benzene rings is 1. The summed E-state index contributed by atoms with van der Waals surface area (Å²) in [7, 11) is 3.84. The van der Waals surface area contributed by atoms with Crippen LogP contribution >= 0.6 is 23.2 Å². The number of anilines is 1. The molecule has 11 nitrogen and oxygen atoms in total. The summed E-state index contributed by atoms with van der Waals surface area (Å²) in [4.78, 5) is 35.3. The molecule has 2 spiro atoms. The fraction of sp³-hybridized carbons (Fsp3) is 0.600. The van der Waals surface area contributed by atoms with Crippen LogP contribution in [0, 0.1) is 18.3 Å². The summed E-state index contributed by atoms with van der Waals surface area (Å²) >= 11 is 13.8. The van der Waals surface area contributed by atoms with E-state index >= 15 is 0 Å². The number of hydrogen-bond acceptors (Lipinski definition) is 6. The molecule has 0 bridgehead atoms. The number of likely N-dealkylation sites (N-methyl/N-ethyl adjacent to an activating group) is 2. The van der Waals surface area contributed by atoms with Gasteiger partial charge in [-0.25, -0.2) is 4.79 Å². The van der Waals surface area contributed by atoms with E-state index in [0.29, 0.717) is 16.0 Å². The number of likely N-dealkylation sites (tertiary alicyclic amines) is 2. The standard InChI is InChI=1S/C35H45Cl2N9O2/c1-7-27(47)44-16-34(17-44)12-23(13-34)46-21(2)28(29-24-14-38-39-26(24)10-25(36)30(29)37)31(40-46)45-9-8-22(11-33(45,3)4)15-43-19-35(20-43)18-41(5)32(48)42(35)6/h7,10,14,22-23H,1,8-9,11-13,15-20H2,2-6H3,(H,38,39)/t22-/m1/s1. The first-order valence-electron chi connectivity index (χ1n) is 17.1. The number of halogens is 2. The average molecular weight is 695 g/mol. The molecule has 8 rings (SSSR count). The average Bonchev–Trinajstić information content (AvgIpc) is 3.63. The minimum Gasteiger partial charge on any atom is -0.349 e. The van der Waals surface area contributed by atoms with Crippen molar-refractivity contribution in [2.24, 2.45) is 11.3 Å². The number of aromatic amines is 1. The normalized spacial score (nSPS) is 24.8. The van der Waals surface area contributed by atoms with Gasteiger partial charge in [0.25, 0.3) is 0 Å². The van der Waals surface area contributed by atoms with Crippen LogP contribution in [0.4, 0.5) is 10.6 Å². The Hall–Kier alpha value is -3.28. The highest BCUT2D eigenvalue weighted by molar-refractivity contribution is 6.45. The molecule has 3 aromatic rings. The molecular weight excluding hydrogens is 649 g/mol. The van der Waals surface area contributed by atoms with Gasteiger partial charge in [-0.05, 0) is 64.5 Å². The first-order valence-corrected chi connectivity index (χ1v) is 17.8. The molecule has 6 heterocycles. The van der Waals surface area contributed by atoms with Gasteiger partial charge in [0.15, 0.2) is 5.82 Å². The summed E-state index contributed by atoms with van der Waals surface area (Å²) in [5, 5.41) is 14.8. The molecule has 1 aromatic carbocycles. The maximum absolute atomic E-state index is 12.5. The third kappa shape index (κ3) is 4.70. The second-order valence-corrected chi connectivity index (χ2v) is 16.8. The van der Waals surface area contributed by atoms with Gasteiger partial charge in [0.2, 0.25) is 5.91 Å². The number of nitrogens with one attached hydrogen (secondary N) is 1. The topological polar surface area (TPSA) is 96.8 Å². The summed E-state index contributed by atoms with van der Waals surface area (Å²) in [5.41, 5.74) is 3.75. The van der Waals surface area contributed by atoms with Gasteiger partial charge < -0.3 is 19.6 Å². The van der Waals surface area contributed by atoms with Gasteiger partial charge in [-0.15, -0.1) is 0 Å². The third-order valence-electron chi connectivity index (χ3n) is 12.2. The number of nitrogens with zero attached hydrogens (tertiary/aromatic N) is 8. The van der Waals surface area contributed by atoms with E-state index in [1.165, 1.54) is 6.08 Å². The van der Waals surface area contributed by atoms with Crippen LogP contribution in [-0.4, -0.2) is 123 Å². The Kier molecular flexibility index (Phi) is 7.23. The van der Waals surface area contributed by atoms with E-state index < -0.39 is 0 Å². The second kappa shape index (κ2) is 10.9. The first-order chi connectivity index (χ1) is 22.7. The van der Waals surface area contributed by atoms with Crippen LogP contribution in [0.1, 0.15) is 51.3 Å². The van der Waals surface area contributed by atoms with Gasteiger partial charge in [-0.3, -0.25) is 19.5 Å². The summed E-state index contributed by atoms with van der Waals surface area (Å²) < 4.78 is 2.22. The lowest BCUT2D eigenvalue weighted by molar-refractivity contribution is -0.149. The minimum absolute atomic E-state index is 0.0106. The number of aromatic nitrogens is 4. The van der Waals surface area contributed by atoms with Gasteiger partial charge in [-0.2, -0.15) is 10.2 Å². The van der Waals surface area contributed by atoms with E-state index in [0.717, 1.165) is 105 Å². The fourth-order valence-electron chi connectivity index (χ4n) is 9.79. The molecule has 3 amide bonds. The molecule has 1 saturated carbocycles. The molecule has 5 aliphatic rings. The molecule has 4 saturated heterocycles. The lowest BCUT2D eigenvalue weighted by Gasteiger charge is -2.58. The van der Waals surface area contributed by atoms with Crippen LogP contribution in [0.15, 0.2) is 24.9 Å². The summed E-state index contributed by atoms with van der Waals surface area (Å²) in [6.45, 7) is 16.6. The quantitative estimate of drug-likeness (QED) is 0.346. The molecular formula is C35H45Cl2N9O2. The molecule has 48 heavy (non-hydrogen) atoms. The third-order valence-corrected chi connectivity index (χ3v) is 13.0. The van der Waals surface area contributed by atoms with Crippen molar-refractivity contribution in [1.29, 1.82) is 0 Å². The van der Waals surface area contributed by atoms with Crippen molar-refractivity contribution in [3.05, 3.63) is 40.7 Å². The number of hydrogen-bond donors (Lipinski definition) is 1. The summed E-state index contributed by atoms with van der Waals surface area (Å²) in [6, 6.07) is 2.21. The Labute approximate surface area is 291 Å². The maximum Gasteiger partial charge on any atom is 0.320 e. The van der Waals surface area contributed by atoms with Crippen LogP contribution in [-0.2, 0) is 4.79 Å². The molecule has 5 fully saturated rings. The Morgan fingerprint density at radius 2 is 1.83 bits per heavy atom. The minimum atomic E-state index is -0.160. The van der Waals surface area contributed by atoms with E-state index in [2.05, 4.69) is 52.0 Å². The van der Waals surface area contributed by atoms with E-state index in [1.807, 2.05) is 41.1 Å². The zero-order valence-corrected chi connectivity index (χ0v) is 30.0. The number of piperidine rings is 1. The maximum atomic E-state index is 12.5. The fourth-order valence-corrected chi connectivity index (χ4v) is 10.2. The van der Waals surface area contributed by atoms with E-state index in [9.17, 15) is 9.59 Å². The zero-order valence-electron chi connectivity index (χ0n) is 28.5. The number of amides is 3. The Balaban J connectivity index is 1.07. The molecule has 256 valence electrons.